The third-order valence-electron chi connectivity index (χ3n) is 2.67. The highest BCUT2D eigenvalue weighted by Crippen LogP contribution is 2.22. The van der Waals surface area contributed by atoms with Crippen LogP contribution in [-0.4, -0.2) is 52.0 Å². The van der Waals surface area contributed by atoms with Gasteiger partial charge in [0.15, 0.2) is 6.10 Å². The number of esters is 1. The lowest BCUT2D eigenvalue weighted by atomic mass is 9.90. The van der Waals surface area contributed by atoms with Crippen LogP contribution in [0.15, 0.2) is 11.6 Å². The molecule has 1 aliphatic carbocycles. The molecular weight excluding hydrogens is 240 g/mol. The molecular formula is C12H18O6. The van der Waals surface area contributed by atoms with Gasteiger partial charge in [-0.15, -0.1) is 0 Å². The summed E-state index contributed by atoms with van der Waals surface area (Å²) in [7, 11) is 0. The molecule has 1 rings (SSSR count). The van der Waals surface area contributed by atoms with Crippen molar-refractivity contribution in [1.82, 2.24) is 0 Å². The van der Waals surface area contributed by atoms with Crippen molar-refractivity contribution in [2.24, 2.45) is 5.92 Å². The van der Waals surface area contributed by atoms with Gasteiger partial charge in [-0.3, -0.25) is 9.59 Å². The summed E-state index contributed by atoms with van der Waals surface area (Å²) in [5.41, 5.74) is -0.0441. The lowest BCUT2D eigenvalue weighted by molar-refractivity contribution is -0.162. The van der Waals surface area contributed by atoms with Gasteiger partial charge < -0.3 is 20.1 Å². The normalized spacial score (nSPS) is 32.0. The van der Waals surface area contributed by atoms with Crippen molar-refractivity contribution >= 4 is 12.3 Å². The molecule has 0 amide bonds. The van der Waals surface area contributed by atoms with Crippen LogP contribution < -0.4 is 0 Å². The van der Waals surface area contributed by atoms with Crippen LogP contribution in [0.5, 0.6) is 0 Å². The topological polar surface area (TPSA) is 104 Å². The fourth-order valence-corrected chi connectivity index (χ4v) is 1.74. The molecule has 0 aromatic heterocycles. The van der Waals surface area contributed by atoms with E-state index in [1.54, 1.807) is 0 Å². The first-order valence-electron chi connectivity index (χ1n) is 5.77. The van der Waals surface area contributed by atoms with E-state index in [2.05, 4.69) is 0 Å². The Bertz CT molecular complexity index is 348. The molecule has 6 nitrogen and oxygen atoms in total. The molecule has 0 fully saturated rings. The number of aldehydes is 1. The monoisotopic (exact) mass is 258 g/mol. The van der Waals surface area contributed by atoms with E-state index in [9.17, 15) is 24.9 Å². The summed E-state index contributed by atoms with van der Waals surface area (Å²) >= 11 is 0. The molecule has 0 saturated carbocycles. The number of aliphatic hydroxyl groups is 3. The molecule has 18 heavy (non-hydrogen) atoms. The van der Waals surface area contributed by atoms with Crippen molar-refractivity contribution in [1.29, 1.82) is 0 Å². The minimum Gasteiger partial charge on any atom is -0.454 e. The highest BCUT2D eigenvalue weighted by Gasteiger charge is 2.39. The van der Waals surface area contributed by atoms with Crippen LogP contribution in [0, 0.1) is 5.92 Å². The summed E-state index contributed by atoms with van der Waals surface area (Å²) in [6.45, 7) is 3.65. The Labute approximate surface area is 105 Å². The van der Waals surface area contributed by atoms with E-state index in [-0.39, 0.29) is 17.9 Å². The number of ether oxygens (including phenoxy) is 1. The standard InChI is InChI=1S/C12H18O6/c1-6(2)3-9(15)18-12-7(5-13)4-8(14)10(16)11(12)17/h4-6,8,10-12,14,16-17H,3H2,1-2H3/t8-,10-,11+,12+/m0/s1. The lowest BCUT2D eigenvalue weighted by Crippen LogP contribution is -2.50. The average molecular weight is 258 g/mol. The highest BCUT2D eigenvalue weighted by atomic mass is 16.6. The van der Waals surface area contributed by atoms with Gasteiger partial charge in [0.05, 0.1) is 0 Å². The third-order valence-corrected chi connectivity index (χ3v) is 2.67. The Morgan fingerprint density at radius 1 is 1.39 bits per heavy atom. The molecule has 1 aliphatic rings. The second-order valence-electron chi connectivity index (χ2n) is 4.76. The van der Waals surface area contributed by atoms with Crippen molar-refractivity contribution in [3.8, 4) is 0 Å². The minimum absolute atomic E-state index is 0.0441. The van der Waals surface area contributed by atoms with Crippen molar-refractivity contribution < 1.29 is 29.6 Å². The van der Waals surface area contributed by atoms with Crippen LogP contribution in [0.3, 0.4) is 0 Å². The van der Waals surface area contributed by atoms with Crippen molar-refractivity contribution in [3.05, 3.63) is 11.6 Å². The number of hydrogen-bond acceptors (Lipinski definition) is 6. The molecule has 0 unspecified atom stereocenters. The van der Waals surface area contributed by atoms with E-state index in [1.165, 1.54) is 0 Å². The third kappa shape index (κ3) is 3.38. The maximum absolute atomic E-state index is 11.5. The van der Waals surface area contributed by atoms with Crippen LogP contribution in [0.2, 0.25) is 0 Å². The summed E-state index contributed by atoms with van der Waals surface area (Å²) < 4.78 is 4.98. The summed E-state index contributed by atoms with van der Waals surface area (Å²) in [5.74, 6) is -0.484. The molecule has 6 heteroatoms. The first kappa shape index (κ1) is 14.8. The molecule has 4 atom stereocenters. The summed E-state index contributed by atoms with van der Waals surface area (Å²) in [6, 6.07) is 0. The first-order valence-corrected chi connectivity index (χ1v) is 5.77. The van der Waals surface area contributed by atoms with Gasteiger partial charge in [-0.25, -0.2) is 0 Å². The Kier molecular flexibility index (Phi) is 5.01. The largest absolute Gasteiger partial charge is 0.454 e. The average Bonchev–Trinajstić information content (AvgIpc) is 2.28. The zero-order valence-corrected chi connectivity index (χ0v) is 10.3. The Morgan fingerprint density at radius 2 is 2.00 bits per heavy atom. The molecule has 0 spiro atoms. The molecule has 0 heterocycles. The van der Waals surface area contributed by atoms with Crippen LogP contribution >= 0.6 is 0 Å². The van der Waals surface area contributed by atoms with Crippen LogP contribution in [0.1, 0.15) is 20.3 Å². The van der Waals surface area contributed by atoms with Crippen LogP contribution in [0.4, 0.5) is 0 Å². The van der Waals surface area contributed by atoms with Gasteiger partial charge in [0.1, 0.15) is 24.6 Å². The lowest BCUT2D eigenvalue weighted by Gasteiger charge is -2.33. The number of rotatable bonds is 4. The van der Waals surface area contributed by atoms with Gasteiger partial charge in [0.2, 0.25) is 0 Å². The predicted molar refractivity (Wildman–Crippen MR) is 61.5 cm³/mol. The Hall–Kier alpha value is -1.24. The van der Waals surface area contributed by atoms with Gasteiger partial charge in [-0.05, 0) is 12.0 Å². The zero-order chi connectivity index (χ0) is 13.9. The molecule has 102 valence electrons. The number of carbonyl (C=O) groups is 2. The maximum atomic E-state index is 11.5. The molecule has 0 saturated heterocycles. The van der Waals surface area contributed by atoms with Gasteiger partial charge >= 0.3 is 5.97 Å². The molecule has 0 aromatic carbocycles. The quantitative estimate of drug-likeness (QED) is 0.449. The molecule has 0 radical (unpaired) electrons. The Balaban J connectivity index is 2.81. The Morgan fingerprint density at radius 3 is 2.50 bits per heavy atom. The summed E-state index contributed by atoms with van der Waals surface area (Å²) in [6.07, 6.45) is -3.95. The molecule has 0 aliphatic heterocycles. The minimum atomic E-state index is -1.51. The van der Waals surface area contributed by atoms with Gasteiger partial charge in [-0.1, -0.05) is 13.8 Å². The van der Waals surface area contributed by atoms with E-state index in [4.69, 9.17) is 4.74 Å². The first-order chi connectivity index (χ1) is 8.36. The fourth-order valence-electron chi connectivity index (χ4n) is 1.74. The second kappa shape index (κ2) is 6.08. The van der Waals surface area contributed by atoms with E-state index in [0.717, 1.165) is 6.08 Å². The zero-order valence-electron chi connectivity index (χ0n) is 10.3. The molecule has 3 N–H and O–H groups in total. The van der Waals surface area contributed by atoms with Crippen LogP contribution in [0.25, 0.3) is 0 Å². The molecule has 0 bridgehead atoms. The number of aliphatic hydroxyl groups excluding tert-OH is 3. The van der Waals surface area contributed by atoms with E-state index in [0.29, 0.717) is 6.29 Å². The fraction of sp³-hybridized carbons (Fsp3) is 0.667. The maximum Gasteiger partial charge on any atom is 0.306 e. The number of hydrogen-bond donors (Lipinski definition) is 3. The summed E-state index contributed by atoms with van der Waals surface area (Å²) in [5, 5.41) is 28.5. The molecule has 0 aromatic rings. The van der Waals surface area contributed by atoms with Crippen molar-refractivity contribution in [2.75, 3.05) is 0 Å². The van der Waals surface area contributed by atoms with Crippen molar-refractivity contribution in [3.63, 3.8) is 0 Å². The number of carbonyl (C=O) groups excluding carboxylic acids is 2. The van der Waals surface area contributed by atoms with E-state index >= 15 is 0 Å². The van der Waals surface area contributed by atoms with Gasteiger partial charge in [0.25, 0.3) is 0 Å². The summed E-state index contributed by atoms with van der Waals surface area (Å²) in [4.78, 5) is 22.3. The SMILES string of the molecule is CC(C)CC(=O)O[C@@H]1C(C=O)=C[C@H](O)[C@H](O)[C@H]1O. The second-order valence-corrected chi connectivity index (χ2v) is 4.76. The van der Waals surface area contributed by atoms with E-state index in [1.807, 2.05) is 13.8 Å². The van der Waals surface area contributed by atoms with Crippen LogP contribution in [-0.2, 0) is 14.3 Å². The van der Waals surface area contributed by atoms with Gasteiger partial charge in [0, 0.05) is 12.0 Å². The van der Waals surface area contributed by atoms with E-state index < -0.39 is 30.4 Å². The van der Waals surface area contributed by atoms with Crippen molar-refractivity contribution in [2.45, 2.75) is 44.7 Å². The van der Waals surface area contributed by atoms with Gasteiger partial charge in [-0.2, -0.15) is 0 Å². The predicted octanol–water partition coefficient (Wildman–Crippen LogP) is -0.834. The highest BCUT2D eigenvalue weighted by molar-refractivity contribution is 5.78. The smallest absolute Gasteiger partial charge is 0.306 e.